The summed E-state index contributed by atoms with van der Waals surface area (Å²) in [4.78, 5) is 33.7. The number of fused-ring (bicyclic) bond motifs is 1. The van der Waals surface area contributed by atoms with Crippen molar-refractivity contribution < 1.29 is 27.9 Å². The normalized spacial score (nSPS) is 21.6. The molecule has 1 aromatic carbocycles. The van der Waals surface area contributed by atoms with Gasteiger partial charge in [0, 0.05) is 38.4 Å². The van der Waals surface area contributed by atoms with Crippen LogP contribution in [-0.2, 0) is 28.6 Å². The van der Waals surface area contributed by atoms with Crippen LogP contribution in [0.5, 0.6) is 0 Å². The average Bonchev–Trinajstić information content (AvgIpc) is 3.38. The summed E-state index contributed by atoms with van der Waals surface area (Å²) in [5.74, 6) is 0.0620. The smallest absolute Gasteiger partial charge is 0.416 e. The lowest BCUT2D eigenvalue weighted by atomic mass is 9.91. The van der Waals surface area contributed by atoms with Crippen molar-refractivity contribution >= 4 is 17.7 Å². The second-order valence-electron chi connectivity index (χ2n) is 10.7. The van der Waals surface area contributed by atoms with E-state index >= 15 is 0 Å². The number of aliphatic carboxylic acids is 1. The molecule has 4 heterocycles. The van der Waals surface area contributed by atoms with E-state index in [2.05, 4.69) is 17.4 Å². The van der Waals surface area contributed by atoms with Crippen LogP contribution in [0.15, 0.2) is 36.4 Å². The molecule has 38 heavy (non-hydrogen) atoms. The number of halogens is 3. The van der Waals surface area contributed by atoms with Gasteiger partial charge in [0.15, 0.2) is 0 Å². The Morgan fingerprint density at radius 3 is 2.47 bits per heavy atom. The molecule has 2 fully saturated rings. The van der Waals surface area contributed by atoms with E-state index in [1.54, 1.807) is 4.90 Å². The van der Waals surface area contributed by atoms with Crippen LogP contribution >= 0.6 is 0 Å². The third-order valence-electron chi connectivity index (χ3n) is 8.10. The minimum absolute atomic E-state index is 0.0404. The van der Waals surface area contributed by atoms with Crippen molar-refractivity contribution in [3.8, 4) is 0 Å². The molecule has 3 aliphatic heterocycles. The van der Waals surface area contributed by atoms with Gasteiger partial charge in [-0.2, -0.15) is 13.2 Å². The van der Waals surface area contributed by atoms with Crippen molar-refractivity contribution in [1.29, 1.82) is 0 Å². The standard InChI is InChI=1S/C28H33F3N4O3/c29-28(30,31)22-6-3-19(4-7-22)24(27(37)38)35-15-11-21(17-35)26(36)34-13-9-18(10-14-34)16-23-8-5-20-2-1-12-32-25(20)33-23/h3-8,18,21,24H,1-2,9-17H2,(H,32,33)(H,37,38)/t21-,24+/m1/s1. The Bertz CT molecular complexity index is 1160. The maximum atomic E-state index is 13.3. The van der Waals surface area contributed by atoms with E-state index in [4.69, 9.17) is 4.98 Å². The van der Waals surface area contributed by atoms with E-state index in [1.807, 2.05) is 4.90 Å². The lowest BCUT2D eigenvalue weighted by molar-refractivity contribution is -0.144. The Labute approximate surface area is 220 Å². The second kappa shape index (κ2) is 10.9. The minimum Gasteiger partial charge on any atom is -0.480 e. The van der Waals surface area contributed by atoms with Gasteiger partial charge in [-0.1, -0.05) is 18.2 Å². The highest BCUT2D eigenvalue weighted by molar-refractivity contribution is 5.80. The topological polar surface area (TPSA) is 85.8 Å². The van der Waals surface area contributed by atoms with Crippen molar-refractivity contribution in [2.24, 2.45) is 11.8 Å². The highest BCUT2D eigenvalue weighted by atomic mass is 19.4. The number of hydrogen-bond donors (Lipinski definition) is 2. The highest BCUT2D eigenvalue weighted by Crippen LogP contribution is 2.34. The molecule has 0 saturated carbocycles. The number of likely N-dealkylation sites (tertiary alicyclic amines) is 2. The monoisotopic (exact) mass is 530 g/mol. The molecule has 2 saturated heterocycles. The molecule has 0 aliphatic carbocycles. The van der Waals surface area contributed by atoms with Gasteiger partial charge in [0.05, 0.1) is 11.5 Å². The molecule has 7 nitrogen and oxygen atoms in total. The fraction of sp³-hybridized carbons (Fsp3) is 0.536. The number of carbonyl (C=O) groups excluding carboxylic acids is 1. The molecule has 2 atom stereocenters. The largest absolute Gasteiger partial charge is 0.480 e. The molecule has 0 bridgehead atoms. The fourth-order valence-corrected chi connectivity index (χ4v) is 5.98. The fourth-order valence-electron chi connectivity index (χ4n) is 5.98. The maximum Gasteiger partial charge on any atom is 0.416 e. The molecular formula is C28H33F3N4O3. The quantitative estimate of drug-likeness (QED) is 0.577. The first kappa shape index (κ1) is 26.5. The predicted molar refractivity (Wildman–Crippen MR) is 136 cm³/mol. The summed E-state index contributed by atoms with van der Waals surface area (Å²) in [6.45, 7) is 2.99. The number of nitrogens with one attached hydrogen (secondary N) is 1. The summed E-state index contributed by atoms with van der Waals surface area (Å²) >= 11 is 0. The summed E-state index contributed by atoms with van der Waals surface area (Å²) < 4.78 is 38.8. The highest BCUT2D eigenvalue weighted by Gasteiger charge is 2.39. The first-order chi connectivity index (χ1) is 18.2. The molecule has 0 unspecified atom stereocenters. The zero-order chi connectivity index (χ0) is 26.9. The van der Waals surface area contributed by atoms with Gasteiger partial charge in [-0.05, 0) is 73.8 Å². The van der Waals surface area contributed by atoms with Crippen LogP contribution < -0.4 is 5.32 Å². The van der Waals surface area contributed by atoms with E-state index < -0.39 is 23.8 Å². The van der Waals surface area contributed by atoms with Crippen LogP contribution in [0, 0.1) is 11.8 Å². The number of anilines is 1. The first-order valence-corrected chi connectivity index (χ1v) is 13.3. The van der Waals surface area contributed by atoms with Crippen molar-refractivity contribution in [2.75, 3.05) is 38.0 Å². The molecule has 1 amide bonds. The minimum atomic E-state index is -4.48. The summed E-state index contributed by atoms with van der Waals surface area (Å²) in [7, 11) is 0. The van der Waals surface area contributed by atoms with E-state index in [0.29, 0.717) is 32.0 Å². The van der Waals surface area contributed by atoms with E-state index in [1.165, 1.54) is 17.7 Å². The van der Waals surface area contributed by atoms with Crippen molar-refractivity contribution in [3.05, 3.63) is 58.8 Å². The van der Waals surface area contributed by atoms with E-state index in [0.717, 1.165) is 62.3 Å². The van der Waals surface area contributed by atoms with Gasteiger partial charge in [0.2, 0.25) is 5.91 Å². The molecule has 0 spiro atoms. The second-order valence-corrected chi connectivity index (χ2v) is 10.7. The van der Waals surface area contributed by atoms with Crippen molar-refractivity contribution in [1.82, 2.24) is 14.8 Å². The van der Waals surface area contributed by atoms with Gasteiger partial charge in [-0.25, -0.2) is 4.98 Å². The maximum absolute atomic E-state index is 13.3. The first-order valence-electron chi connectivity index (χ1n) is 13.3. The molecule has 204 valence electrons. The third-order valence-corrected chi connectivity index (χ3v) is 8.10. The number of benzene rings is 1. The Morgan fingerprint density at radius 2 is 1.79 bits per heavy atom. The number of piperidine rings is 1. The number of alkyl halides is 3. The van der Waals surface area contributed by atoms with Crippen molar-refractivity contribution in [3.63, 3.8) is 0 Å². The van der Waals surface area contributed by atoms with Crippen LogP contribution in [-0.4, -0.2) is 64.5 Å². The zero-order valence-corrected chi connectivity index (χ0v) is 21.2. The van der Waals surface area contributed by atoms with E-state index in [9.17, 15) is 27.9 Å². The Kier molecular flexibility index (Phi) is 7.61. The van der Waals surface area contributed by atoms with Gasteiger partial charge in [-0.3, -0.25) is 14.5 Å². The Balaban J connectivity index is 1.15. The van der Waals surface area contributed by atoms with Crippen LogP contribution in [0.4, 0.5) is 19.0 Å². The van der Waals surface area contributed by atoms with Gasteiger partial charge in [0.25, 0.3) is 0 Å². The number of amides is 1. The Morgan fingerprint density at radius 1 is 1.05 bits per heavy atom. The van der Waals surface area contributed by atoms with E-state index in [-0.39, 0.29) is 23.9 Å². The number of carboxylic acids is 1. The van der Waals surface area contributed by atoms with Crippen LogP contribution in [0.2, 0.25) is 0 Å². The molecule has 0 radical (unpaired) electrons. The number of carboxylic acid groups (broad SMARTS) is 1. The number of carbonyl (C=O) groups is 2. The zero-order valence-electron chi connectivity index (χ0n) is 21.2. The summed E-state index contributed by atoms with van der Waals surface area (Å²) in [6, 6.07) is 7.45. The van der Waals surface area contributed by atoms with Crippen molar-refractivity contribution in [2.45, 2.75) is 50.7 Å². The van der Waals surface area contributed by atoms with Crippen LogP contribution in [0.3, 0.4) is 0 Å². The Hall–Kier alpha value is -3.14. The molecule has 10 heteroatoms. The van der Waals surface area contributed by atoms with Gasteiger partial charge in [-0.15, -0.1) is 0 Å². The van der Waals surface area contributed by atoms with Crippen LogP contribution in [0.25, 0.3) is 0 Å². The van der Waals surface area contributed by atoms with Gasteiger partial charge in [0.1, 0.15) is 11.9 Å². The number of aromatic nitrogens is 1. The number of nitrogens with zero attached hydrogens (tertiary/aromatic N) is 3. The average molecular weight is 531 g/mol. The lowest BCUT2D eigenvalue weighted by Gasteiger charge is -2.34. The predicted octanol–water partition coefficient (Wildman–Crippen LogP) is 4.39. The lowest BCUT2D eigenvalue weighted by Crippen LogP contribution is -2.43. The molecular weight excluding hydrogens is 497 g/mol. The number of hydrogen-bond acceptors (Lipinski definition) is 5. The molecule has 3 aliphatic rings. The molecule has 5 rings (SSSR count). The number of aryl methyl sites for hydroxylation is 1. The molecule has 1 aromatic heterocycles. The van der Waals surface area contributed by atoms with Gasteiger partial charge < -0.3 is 15.3 Å². The molecule has 2 N–H and O–H groups in total. The van der Waals surface area contributed by atoms with Gasteiger partial charge >= 0.3 is 12.1 Å². The summed E-state index contributed by atoms with van der Waals surface area (Å²) in [5, 5.41) is 13.2. The third kappa shape index (κ3) is 5.80. The molecule has 2 aromatic rings. The van der Waals surface area contributed by atoms with Crippen LogP contribution in [0.1, 0.15) is 54.1 Å². The summed E-state index contributed by atoms with van der Waals surface area (Å²) in [6.07, 6.45) is 0.938. The SMILES string of the molecule is O=C(O)[C@H](c1ccc(C(F)(F)F)cc1)N1CC[C@@H](C(=O)N2CCC(Cc3ccc4c(n3)NCCC4)CC2)C1. The summed E-state index contributed by atoms with van der Waals surface area (Å²) in [5.41, 5.74) is 1.82. The number of rotatable bonds is 6. The number of pyridine rings is 1.